The molecule has 0 fully saturated rings. The van der Waals surface area contributed by atoms with Gasteiger partial charge in [0.15, 0.2) is 0 Å². The zero-order chi connectivity index (χ0) is 19.2. The molecule has 1 heterocycles. The van der Waals surface area contributed by atoms with Crippen molar-refractivity contribution >= 4 is 23.4 Å². The van der Waals surface area contributed by atoms with Crippen molar-refractivity contribution < 1.29 is 14.4 Å². The van der Waals surface area contributed by atoms with Crippen molar-refractivity contribution in [3.63, 3.8) is 0 Å². The highest BCUT2D eigenvalue weighted by atomic mass is 16.2. The zero-order valence-electron chi connectivity index (χ0n) is 15.5. The van der Waals surface area contributed by atoms with Gasteiger partial charge < -0.3 is 5.32 Å². The second kappa shape index (κ2) is 8.62. The topological polar surface area (TPSA) is 66.5 Å². The summed E-state index contributed by atoms with van der Waals surface area (Å²) in [5.41, 5.74) is 2.96. The van der Waals surface area contributed by atoms with Crippen molar-refractivity contribution in [2.75, 3.05) is 11.9 Å². The van der Waals surface area contributed by atoms with E-state index in [4.69, 9.17) is 0 Å². The molecule has 5 heteroatoms. The van der Waals surface area contributed by atoms with Gasteiger partial charge in [0.05, 0.1) is 11.1 Å². The number of anilines is 1. The maximum atomic E-state index is 12.3. The number of nitrogens with zero attached hydrogens (tertiary/aromatic N) is 1. The van der Waals surface area contributed by atoms with Crippen molar-refractivity contribution in [1.82, 2.24) is 4.90 Å². The lowest BCUT2D eigenvalue weighted by molar-refractivity contribution is -0.116. The summed E-state index contributed by atoms with van der Waals surface area (Å²) in [5, 5.41) is 2.96. The molecule has 0 unspecified atom stereocenters. The van der Waals surface area contributed by atoms with Gasteiger partial charge in [-0.2, -0.15) is 0 Å². The van der Waals surface area contributed by atoms with Gasteiger partial charge in [0.25, 0.3) is 11.8 Å². The molecule has 27 heavy (non-hydrogen) atoms. The Morgan fingerprint density at radius 2 is 1.52 bits per heavy atom. The Balaban J connectivity index is 1.40. The maximum Gasteiger partial charge on any atom is 0.261 e. The molecule has 2 aromatic carbocycles. The minimum atomic E-state index is -0.218. The number of para-hydroxylation sites is 1. The van der Waals surface area contributed by atoms with E-state index in [1.165, 1.54) is 4.90 Å². The second-order valence-corrected chi connectivity index (χ2v) is 6.68. The molecule has 0 spiro atoms. The first-order chi connectivity index (χ1) is 13.1. The Hall–Kier alpha value is -2.95. The van der Waals surface area contributed by atoms with E-state index in [0.29, 0.717) is 30.5 Å². The largest absolute Gasteiger partial charge is 0.326 e. The van der Waals surface area contributed by atoms with Gasteiger partial charge in [0.2, 0.25) is 5.91 Å². The molecule has 0 radical (unpaired) electrons. The zero-order valence-corrected chi connectivity index (χ0v) is 15.5. The van der Waals surface area contributed by atoms with Crippen molar-refractivity contribution in [2.45, 2.75) is 39.0 Å². The average Bonchev–Trinajstić information content (AvgIpc) is 2.93. The summed E-state index contributed by atoms with van der Waals surface area (Å²) in [4.78, 5) is 38.0. The fourth-order valence-electron chi connectivity index (χ4n) is 3.34. The van der Waals surface area contributed by atoms with E-state index in [9.17, 15) is 14.4 Å². The van der Waals surface area contributed by atoms with E-state index in [2.05, 4.69) is 12.2 Å². The van der Waals surface area contributed by atoms with Crippen LogP contribution in [0.15, 0.2) is 48.5 Å². The van der Waals surface area contributed by atoms with Gasteiger partial charge in [-0.3, -0.25) is 19.3 Å². The number of carbonyl (C=O) groups is 3. The van der Waals surface area contributed by atoms with E-state index in [1.807, 2.05) is 24.3 Å². The highest BCUT2D eigenvalue weighted by Crippen LogP contribution is 2.23. The van der Waals surface area contributed by atoms with Crippen molar-refractivity contribution in [3.8, 4) is 0 Å². The number of carbonyl (C=O) groups excluding carboxylic acids is 3. The monoisotopic (exact) mass is 364 g/mol. The lowest BCUT2D eigenvalue weighted by Crippen LogP contribution is -2.30. The van der Waals surface area contributed by atoms with E-state index in [0.717, 1.165) is 30.5 Å². The molecular formula is C22H24N2O3. The number of hydrogen-bond acceptors (Lipinski definition) is 3. The molecule has 0 aromatic heterocycles. The van der Waals surface area contributed by atoms with Gasteiger partial charge in [0, 0.05) is 18.7 Å². The highest BCUT2D eigenvalue weighted by molar-refractivity contribution is 6.21. The molecule has 140 valence electrons. The smallest absolute Gasteiger partial charge is 0.261 e. The fraction of sp³-hybridized carbons (Fsp3) is 0.318. The third kappa shape index (κ3) is 4.25. The number of aryl methyl sites for hydroxylation is 1. The lowest BCUT2D eigenvalue weighted by Gasteiger charge is -2.13. The summed E-state index contributed by atoms with van der Waals surface area (Å²) in [6, 6.07) is 14.7. The molecule has 0 saturated heterocycles. The Bertz CT molecular complexity index is 825. The minimum absolute atomic E-state index is 0.00312. The first-order valence-corrected chi connectivity index (χ1v) is 9.44. The molecule has 5 nitrogen and oxygen atoms in total. The maximum absolute atomic E-state index is 12.3. The summed E-state index contributed by atoms with van der Waals surface area (Å²) in [6.07, 6.45) is 3.51. The van der Waals surface area contributed by atoms with Gasteiger partial charge in [-0.1, -0.05) is 43.7 Å². The van der Waals surface area contributed by atoms with E-state index in [-0.39, 0.29) is 17.7 Å². The van der Waals surface area contributed by atoms with Crippen LogP contribution in [0.25, 0.3) is 0 Å². The van der Waals surface area contributed by atoms with E-state index >= 15 is 0 Å². The molecule has 0 bridgehead atoms. The Morgan fingerprint density at radius 3 is 2.19 bits per heavy atom. The molecule has 3 amide bonds. The summed E-state index contributed by atoms with van der Waals surface area (Å²) in [5.74, 6) is -0.439. The van der Waals surface area contributed by atoms with Gasteiger partial charge >= 0.3 is 0 Å². The summed E-state index contributed by atoms with van der Waals surface area (Å²) in [7, 11) is 0. The molecule has 0 aliphatic carbocycles. The second-order valence-electron chi connectivity index (χ2n) is 6.68. The van der Waals surface area contributed by atoms with Crippen molar-refractivity contribution in [3.05, 3.63) is 65.2 Å². The third-order valence-corrected chi connectivity index (χ3v) is 4.84. The predicted molar refractivity (Wildman–Crippen MR) is 105 cm³/mol. The highest BCUT2D eigenvalue weighted by Gasteiger charge is 2.34. The molecular weight excluding hydrogens is 340 g/mol. The number of fused-ring (bicyclic) bond motifs is 1. The summed E-state index contributed by atoms with van der Waals surface area (Å²) in [6.45, 7) is 2.46. The number of rotatable bonds is 8. The Kier molecular flexibility index (Phi) is 6.01. The number of hydrogen-bond donors (Lipinski definition) is 1. The van der Waals surface area contributed by atoms with Crippen LogP contribution in [0.4, 0.5) is 5.69 Å². The average molecular weight is 364 g/mol. The Labute approximate surface area is 159 Å². The molecule has 1 aliphatic rings. The standard InChI is InChI=1S/C22H24N2O3/c1-2-16-10-5-8-13-19(16)23-20(25)14-4-3-9-15-24-21(26)17-11-6-7-12-18(17)22(24)27/h5-8,10-13H,2-4,9,14-15H2,1H3,(H,23,25). The van der Waals surface area contributed by atoms with Crippen molar-refractivity contribution in [2.24, 2.45) is 0 Å². The number of nitrogens with one attached hydrogen (secondary N) is 1. The van der Waals surface area contributed by atoms with Gasteiger partial charge in [0.1, 0.15) is 0 Å². The first kappa shape index (κ1) is 18.8. The van der Waals surface area contributed by atoms with E-state index < -0.39 is 0 Å². The summed E-state index contributed by atoms with van der Waals surface area (Å²) < 4.78 is 0. The van der Waals surface area contributed by atoms with Crippen LogP contribution in [-0.2, 0) is 11.2 Å². The van der Waals surface area contributed by atoms with Crippen LogP contribution in [0.3, 0.4) is 0 Å². The molecule has 0 atom stereocenters. The van der Waals surface area contributed by atoms with Crippen LogP contribution in [0.2, 0.25) is 0 Å². The molecule has 1 N–H and O–H groups in total. The minimum Gasteiger partial charge on any atom is -0.326 e. The number of unbranched alkanes of at least 4 members (excludes halogenated alkanes) is 2. The molecule has 3 rings (SSSR count). The van der Waals surface area contributed by atoms with E-state index in [1.54, 1.807) is 24.3 Å². The quantitative estimate of drug-likeness (QED) is 0.568. The number of amides is 3. The molecule has 1 aliphatic heterocycles. The van der Waals surface area contributed by atoms with Crippen LogP contribution in [0.5, 0.6) is 0 Å². The SMILES string of the molecule is CCc1ccccc1NC(=O)CCCCCN1C(=O)c2ccccc2C1=O. The van der Waals surface area contributed by atoms with Crippen LogP contribution >= 0.6 is 0 Å². The fourth-order valence-corrected chi connectivity index (χ4v) is 3.34. The Morgan fingerprint density at radius 1 is 0.889 bits per heavy atom. The van der Waals surface area contributed by atoms with Crippen LogP contribution < -0.4 is 5.32 Å². The van der Waals surface area contributed by atoms with Gasteiger partial charge in [-0.25, -0.2) is 0 Å². The third-order valence-electron chi connectivity index (χ3n) is 4.84. The lowest BCUT2D eigenvalue weighted by atomic mass is 10.1. The van der Waals surface area contributed by atoms with Crippen LogP contribution in [0.1, 0.15) is 58.9 Å². The van der Waals surface area contributed by atoms with Crippen LogP contribution in [-0.4, -0.2) is 29.2 Å². The van der Waals surface area contributed by atoms with Gasteiger partial charge in [-0.15, -0.1) is 0 Å². The number of benzene rings is 2. The molecule has 0 saturated carbocycles. The normalized spacial score (nSPS) is 13.0. The van der Waals surface area contributed by atoms with Crippen molar-refractivity contribution in [1.29, 1.82) is 0 Å². The molecule has 2 aromatic rings. The summed E-state index contributed by atoms with van der Waals surface area (Å²) >= 11 is 0. The van der Waals surface area contributed by atoms with Crippen LogP contribution in [0, 0.1) is 0 Å². The number of imide groups is 1. The predicted octanol–water partition coefficient (Wildman–Crippen LogP) is 4.04. The first-order valence-electron chi connectivity index (χ1n) is 9.44. The van der Waals surface area contributed by atoms with Gasteiger partial charge in [-0.05, 0) is 43.0 Å².